The summed E-state index contributed by atoms with van der Waals surface area (Å²) in [7, 11) is -3.20. The van der Waals surface area contributed by atoms with Crippen molar-refractivity contribution in [2.75, 3.05) is 37.0 Å². The third-order valence-corrected chi connectivity index (χ3v) is 8.67. The number of amides is 2. The molecule has 2 saturated carbocycles. The fraction of sp³-hybridized carbons (Fsp3) is 0.667. The molecule has 0 unspecified atom stereocenters. The quantitative estimate of drug-likeness (QED) is 0.627. The Bertz CT molecular complexity index is 1050. The van der Waals surface area contributed by atoms with Crippen molar-refractivity contribution in [1.29, 1.82) is 0 Å². The van der Waals surface area contributed by atoms with Gasteiger partial charge in [-0.1, -0.05) is 11.6 Å². The van der Waals surface area contributed by atoms with Gasteiger partial charge in [0, 0.05) is 61.5 Å². The Morgan fingerprint density at radius 1 is 1.21 bits per heavy atom. The zero-order chi connectivity index (χ0) is 24.0. The fourth-order valence-electron chi connectivity index (χ4n) is 5.25. The highest BCUT2D eigenvalue weighted by Crippen LogP contribution is 2.63. The molecule has 33 heavy (non-hydrogen) atoms. The average Bonchev–Trinajstić information content (AvgIpc) is 3.49. The van der Waals surface area contributed by atoms with Crippen LogP contribution in [0.4, 0.5) is 5.69 Å². The van der Waals surface area contributed by atoms with Crippen molar-refractivity contribution >= 4 is 38.9 Å². The lowest BCUT2D eigenvalue weighted by Gasteiger charge is -2.44. The highest BCUT2D eigenvalue weighted by Gasteiger charge is 2.55. The molecule has 2 amide bonds. The lowest BCUT2D eigenvalue weighted by Crippen LogP contribution is -2.56. The van der Waals surface area contributed by atoms with Crippen LogP contribution in [0, 0.1) is 18.3 Å². The minimum atomic E-state index is -3.20. The Morgan fingerprint density at radius 2 is 1.91 bits per heavy atom. The van der Waals surface area contributed by atoms with Crippen LogP contribution in [0.2, 0.25) is 5.02 Å². The van der Waals surface area contributed by atoms with Crippen molar-refractivity contribution in [3.05, 3.63) is 28.3 Å². The molecule has 0 aromatic heterocycles. The zero-order valence-corrected chi connectivity index (χ0v) is 21.3. The first-order chi connectivity index (χ1) is 15.4. The summed E-state index contributed by atoms with van der Waals surface area (Å²) >= 11 is 6.33. The molecule has 1 spiro atoms. The van der Waals surface area contributed by atoms with Crippen molar-refractivity contribution in [2.45, 2.75) is 58.5 Å². The molecule has 1 atom stereocenters. The topological polar surface area (TPSA) is 86.8 Å². The summed E-state index contributed by atoms with van der Waals surface area (Å²) in [5, 5.41) is 3.33. The van der Waals surface area contributed by atoms with Gasteiger partial charge in [-0.25, -0.2) is 8.42 Å². The molecule has 4 rings (SSSR count). The Kier molecular flexibility index (Phi) is 6.82. The Hall–Kier alpha value is -1.64. The predicted octanol–water partition coefficient (Wildman–Crippen LogP) is 3.24. The number of carbonyl (C=O) groups is 2. The maximum Gasteiger partial charge on any atom is 0.226 e. The summed E-state index contributed by atoms with van der Waals surface area (Å²) in [6.07, 6.45) is 5.81. The number of piperazine rings is 1. The summed E-state index contributed by atoms with van der Waals surface area (Å²) in [4.78, 5) is 29.6. The number of halogens is 1. The minimum absolute atomic E-state index is 0.0876. The van der Waals surface area contributed by atoms with Gasteiger partial charge >= 0.3 is 0 Å². The molecule has 182 valence electrons. The normalized spacial score (nSPS) is 22.8. The summed E-state index contributed by atoms with van der Waals surface area (Å²) in [6, 6.07) is 3.77. The van der Waals surface area contributed by atoms with E-state index in [0.29, 0.717) is 28.6 Å². The molecule has 1 aromatic rings. The summed E-state index contributed by atoms with van der Waals surface area (Å²) in [5.74, 6) is 0.0262. The zero-order valence-electron chi connectivity index (χ0n) is 19.7. The summed E-state index contributed by atoms with van der Waals surface area (Å²) in [6.45, 7) is 7.07. The molecule has 1 aliphatic heterocycles. The molecule has 1 heterocycles. The molecular weight excluding hydrogens is 462 g/mol. The number of anilines is 1. The van der Waals surface area contributed by atoms with Crippen molar-refractivity contribution < 1.29 is 18.0 Å². The van der Waals surface area contributed by atoms with Gasteiger partial charge in [0.2, 0.25) is 11.8 Å². The third kappa shape index (κ3) is 5.89. The van der Waals surface area contributed by atoms with E-state index in [9.17, 15) is 18.0 Å². The first kappa shape index (κ1) is 24.5. The van der Waals surface area contributed by atoms with Crippen molar-refractivity contribution in [3.63, 3.8) is 0 Å². The highest BCUT2D eigenvalue weighted by atomic mass is 35.5. The lowest BCUT2D eigenvalue weighted by molar-refractivity contribution is -0.145. The lowest BCUT2D eigenvalue weighted by atomic mass is 9.71. The number of benzene rings is 1. The fourth-order valence-corrected chi connectivity index (χ4v) is 6.04. The smallest absolute Gasteiger partial charge is 0.226 e. The maximum absolute atomic E-state index is 12.9. The molecule has 7 nitrogen and oxygen atoms in total. The van der Waals surface area contributed by atoms with E-state index in [-0.39, 0.29) is 30.0 Å². The number of rotatable bonds is 7. The first-order valence-corrected chi connectivity index (χ1v) is 14.2. The van der Waals surface area contributed by atoms with Crippen LogP contribution in [-0.4, -0.2) is 67.7 Å². The second-order valence-corrected chi connectivity index (χ2v) is 13.1. The van der Waals surface area contributed by atoms with Crippen LogP contribution in [0.1, 0.15) is 50.2 Å². The van der Waals surface area contributed by atoms with Crippen LogP contribution in [0.15, 0.2) is 12.1 Å². The van der Waals surface area contributed by atoms with Crippen LogP contribution in [-0.2, 0) is 26.0 Å². The van der Waals surface area contributed by atoms with Gasteiger partial charge < -0.3 is 10.2 Å². The number of nitrogens with one attached hydrogen (secondary N) is 1. The molecule has 3 fully saturated rings. The number of hydrogen-bond acceptors (Lipinski definition) is 5. The van der Waals surface area contributed by atoms with Crippen LogP contribution >= 0.6 is 11.6 Å². The molecule has 0 bridgehead atoms. The van der Waals surface area contributed by atoms with E-state index in [1.54, 1.807) is 6.07 Å². The monoisotopic (exact) mass is 495 g/mol. The molecule has 1 N–H and O–H groups in total. The van der Waals surface area contributed by atoms with E-state index in [2.05, 4.69) is 22.0 Å². The number of carbonyl (C=O) groups excluding carboxylic acids is 2. The van der Waals surface area contributed by atoms with Crippen LogP contribution in [0.25, 0.3) is 0 Å². The van der Waals surface area contributed by atoms with Gasteiger partial charge in [-0.05, 0) is 68.2 Å². The van der Waals surface area contributed by atoms with Crippen LogP contribution in [0.5, 0.6) is 0 Å². The van der Waals surface area contributed by atoms with Crippen LogP contribution in [0.3, 0.4) is 0 Å². The van der Waals surface area contributed by atoms with Gasteiger partial charge in [0.1, 0.15) is 9.84 Å². The van der Waals surface area contributed by atoms with E-state index in [0.717, 1.165) is 49.9 Å². The van der Waals surface area contributed by atoms with E-state index in [1.807, 2.05) is 13.0 Å². The summed E-state index contributed by atoms with van der Waals surface area (Å²) < 4.78 is 22.7. The molecule has 3 aliphatic rings. The number of sulfone groups is 1. The van der Waals surface area contributed by atoms with Crippen molar-refractivity contribution in [1.82, 2.24) is 9.80 Å². The maximum atomic E-state index is 12.9. The van der Waals surface area contributed by atoms with Gasteiger partial charge in [-0.15, -0.1) is 0 Å². The standard InChI is InChI=1S/C24H34ClN3O4S/c1-16-14-27(7-8-28(16)23(30)19-12-24(13-19)5-6-24)15-18-10-20(25)11-21(17(18)2)26-22(29)4-9-33(3,31)32/h10-11,16,19H,4-9,12-15H2,1-3H3,(H,26,29)/t16-/m0/s1. The first-order valence-electron chi connectivity index (χ1n) is 11.7. The largest absolute Gasteiger partial charge is 0.337 e. The van der Waals surface area contributed by atoms with Gasteiger partial charge in [0.25, 0.3) is 0 Å². The van der Waals surface area contributed by atoms with E-state index < -0.39 is 9.84 Å². The van der Waals surface area contributed by atoms with Gasteiger partial charge in [-0.3, -0.25) is 14.5 Å². The molecule has 1 aromatic carbocycles. The SMILES string of the molecule is Cc1c(CN2CCN(C(=O)C3CC4(CC4)C3)[C@@H](C)C2)cc(Cl)cc1NC(=O)CCS(C)(=O)=O. The third-order valence-electron chi connectivity index (χ3n) is 7.51. The van der Waals surface area contributed by atoms with E-state index >= 15 is 0 Å². The molecular formula is C24H34ClN3O4S. The minimum Gasteiger partial charge on any atom is -0.337 e. The Balaban J connectivity index is 1.35. The number of hydrogen-bond donors (Lipinski definition) is 1. The van der Waals surface area contributed by atoms with Gasteiger partial charge in [0.15, 0.2) is 0 Å². The van der Waals surface area contributed by atoms with Crippen molar-refractivity contribution in [2.24, 2.45) is 11.3 Å². The van der Waals surface area contributed by atoms with Gasteiger partial charge in [-0.2, -0.15) is 0 Å². The molecule has 0 radical (unpaired) electrons. The van der Waals surface area contributed by atoms with Gasteiger partial charge in [0.05, 0.1) is 5.75 Å². The highest BCUT2D eigenvalue weighted by molar-refractivity contribution is 7.90. The van der Waals surface area contributed by atoms with E-state index in [1.165, 1.54) is 12.8 Å². The van der Waals surface area contributed by atoms with E-state index in [4.69, 9.17) is 11.6 Å². The molecule has 1 saturated heterocycles. The van der Waals surface area contributed by atoms with Crippen LogP contribution < -0.4 is 5.32 Å². The Morgan fingerprint density at radius 3 is 2.52 bits per heavy atom. The second kappa shape index (κ2) is 9.19. The number of nitrogens with zero attached hydrogens (tertiary/aromatic N) is 2. The summed E-state index contributed by atoms with van der Waals surface area (Å²) in [5.41, 5.74) is 3.08. The Labute approximate surface area is 201 Å². The molecule has 2 aliphatic carbocycles. The molecule has 9 heteroatoms. The average molecular weight is 496 g/mol. The second-order valence-electron chi connectivity index (χ2n) is 10.4. The predicted molar refractivity (Wildman–Crippen MR) is 130 cm³/mol. The van der Waals surface area contributed by atoms with Crippen molar-refractivity contribution in [3.8, 4) is 0 Å².